The van der Waals surface area contributed by atoms with Crippen molar-refractivity contribution in [2.45, 2.75) is 33.2 Å². The second kappa shape index (κ2) is 5.19. The van der Waals surface area contributed by atoms with E-state index < -0.39 is 0 Å². The molecular weight excluding hydrogens is 224 g/mol. The summed E-state index contributed by atoms with van der Waals surface area (Å²) in [5.41, 5.74) is 8.21. The molecule has 0 spiro atoms. The van der Waals surface area contributed by atoms with Crippen molar-refractivity contribution >= 4 is 5.69 Å². The molecule has 1 fully saturated rings. The Balaban J connectivity index is 1.91. The minimum absolute atomic E-state index is 0.543. The fourth-order valence-electron chi connectivity index (χ4n) is 2.47. The molecule has 100 valence electrons. The highest BCUT2D eigenvalue weighted by molar-refractivity contribution is 5.48. The van der Waals surface area contributed by atoms with E-state index in [1.165, 1.54) is 18.4 Å². The molecule has 0 amide bonds. The molecule has 3 nitrogen and oxygen atoms in total. The zero-order valence-electron chi connectivity index (χ0n) is 11.6. The third-order valence-electron chi connectivity index (χ3n) is 4.22. The Morgan fingerprint density at radius 3 is 2.67 bits per heavy atom. The highest BCUT2D eigenvalue weighted by Crippen LogP contribution is 2.51. The lowest BCUT2D eigenvalue weighted by Gasteiger charge is -2.20. The van der Waals surface area contributed by atoms with E-state index in [0.29, 0.717) is 5.41 Å². The van der Waals surface area contributed by atoms with Gasteiger partial charge < -0.3 is 15.8 Å². The summed E-state index contributed by atoms with van der Waals surface area (Å²) in [5, 5.41) is 3.56. The molecule has 2 rings (SSSR count). The van der Waals surface area contributed by atoms with Gasteiger partial charge in [0.2, 0.25) is 0 Å². The van der Waals surface area contributed by atoms with Crippen molar-refractivity contribution in [3.8, 4) is 5.75 Å². The van der Waals surface area contributed by atoms with Crippen LogP contribution >= 0.6 is 0 Å². The van der Waals surface area contributed by atoms with Crippen LogP contribution in [0.15, 0.2) is 18.2 Å². The molecule has 3 heteroatoms. The van der Waals surface area contributed by atoms with Crippen molar-refractivity contribution in [3.05, 3.63) is 23.8 Å². The van der Waals surface area contributed by atoms with Crippen LogP contribution in [-0.2, 0) is 6.54 Å². The van der Waals surface area contributed by atoms with Crippen LogP contribution in [0.1, 0.15) is 32.3 Å². The van der Waals surface area contributed by atoms with Gasteiger partial charge in [-0.3, -0.25) is 0 Å². The van der Waals surface area contributed by atoms with E-state index in [-0.39, 0.29) is 0 Å². The third kappa shape index (κ3) is 2.78. The van der Waals surface area contributed by atoms with Crippen molar-refractivity contribution in [2.75, 3.05) is 19.4 Å². The smallest absolute Gasteiger partial charge is 0.125 e. The highest BCUT2D eigenvalue weighted by atomic mass is 16.5. The van der Waals surface area contributed by atoms with Crippen molar-refractivity contribution in [2.24, 2.45) is 11.3 Å². The maximum Gasteiger partial charge on any atom is 0.125 e. The molecule has 0 heterocycles. The molecule has 18 heavy (non-hydrogen) atoms. The van der Waals surface area contributed by atoms with E-state index in [1.54, 1.807) is 7.11 Å². The summed E-state index contributed by atoms with van der Waals surface area (Å²) < 4.78 is 5.35. The molecule has 0 saturated heterocycles. The molecule has 0 aromatic heterocycles. The van der Waals surface area contributed by atoms with E-state index in [0.717, 1.165) is 30.4 Å². The molecule has 0 aliphatic heterocycles. The van der Waals surface area contributed by atoms with Crippen LogP contribution in [0.25, 0.3) is 0 Å². The number of nitrogen functional groups attached to an aromatic ring is 1. The second-order valence-electron chi connectivity index (χ2n) is 5.69. The van der Waals surface area contributed by atoms with Gasteiger partial charge in [-0.25, -0.2) is 0 Å². The Kier molecular flexibility index (Phi) is 3.81. The van der Waals surface area contributed by atoms with Crippen LogP contribution in [0.3, 0.4) is 0 Å². The standard InChI is InChI=1S/C15H24N2O/c1-11(2)15(6-7-15)10-17-9-12-4-5-13(16)8-14(12)18-3/h4-5,8,11,17H,6-7,9-10,16H2,1-3H3. The topological polar surface area (TPSA) is 47.3 Å². The van der Waals surface area contributed by atoms with Gasteiger partial charge in [0, 0.05) is 30.4 Å². The van der Waals surface area contributed by atoms with Crippen LogP contribution in [-0.4, -0.2) is 13.7 Å². The maximum atomic E-state index is 5.75. The Morgan fingerprint density at radius 1 is 1.39 bits per heavy atom. The van der Waals surface area contributed by atoms with Gasteiger partial charge in [0.05, 0.1) is 7.11 Å². The third-order valence-corrected chi connectivity index (χ3v) is 4.22. The molecule has 0 radical (unpaired) electrons. The lowest BCUT2D eigenvalue weighted by atomic mass is 9.92. The summed E-state index contributed by atoms with van der Waals surface area (Å²) in [6.45, 7) is 6.58. The fourth-order valence-corrected chi connectivity index (χ4v) is 2.47. The Hall–Kier alpha value is -1.22. The Bertz CT molecular complexity index is 411. The monoisotopic (exact) mass is 248 g/mol. The first-order valence-corrected chi connectivity index (χ1v) is 6.70. The molecule has 1 aliphatic rings. The Morgan fingerprint density at radius 2 is 2.11 bits per heavy atom. The first-order valence-electron chi connectivity index (χ1n) is 6.70. The van der Waals surface area contributed by atoms with Crippen molar-refractivity contribution in [1.82, 2.24) is 5.32 Å². The number of benzene rings is 1. The summed E-state index contributed by atoms with van der Waals surface area (Å²) >= 11 is 0. The van der Waals surface area contributed by atoms with Gasteiger partial charge in [-0.15, -0.1) is 0 Å². The number of hydrogen-bond donors (Lipinski definition) is 2. The predicted molar refractivity (Wildman–Crippen MR) is 75.6 cm³/mol. The fraction of sp³-hybridized carbons (Fsp3) is 0.600. The van der Waals surface area contributed by atoms with Crippen LogP contribution in [0.2, 0.25) is 0 Å². The molecular formula is C15H24N2O. The lowest BCUT2D eigenvalue weighted by molar-refractivity contribution is 0.336. The SMILES string of the molecule is COc1cc(N)ccc1CNCC1(C(C)C)CC1. The van der Waals surface area contributed by atoms with E-state index in [2.05, 4.69) is 19.2 Å². The first-order chi connectivity index (χ1) is 8.57. The van der Waals surface area contributed by atoms with Crippen molar-refractivity contribution in [1.29, 1.82) is 0 Å². The second-order valence-corrected chi connectivity index (χ2v) is 5.69. The van der Waals surface area contributed by atoms with Crippen LogP contribution in [0.4, 0.5) is 5.69 Å². The summed E-state index contributed by atoms with van der Waals surface area (Å²) in [6.07, 6.45) is 2.72. The zero-order valence-corrected chi connectivity index (χ0v) is 11.6. The number of nitrogens with two attached hydrogens (primary N) is 1. The first kappa shape index (κ1) is 13.2. The summed E-state index contributed by atoms with van der Waals surface area (Å²) in [7, 11) is 1.69. The van der Waals surface area contributed by atoms with Crippen LogP contribution < -0.4 is 15.8 Å². The molecule has 1 aliphatic carbocycles. The van der Waals surface area contributed by atoms with Gasteiger partial charge in [0.15, 0.2) is 0 Å². The minimum atomic E-state index is 0.543. The van der Waals surface area contributed by atoms with E-state index >= 15 is 0 Å². The Labute approximate surface area is 110 Å². The quantitative estimate of drug-likeness (QED) is 0.761. The highest BCUT2D eigenvalue weighted by Gasteiger charge is 2.44. The molecule has 0 atom stereocenters. The largest absolute Gasteiger partial charge is 0.496 e. The molecule has 1 saturated carbocycles. The normalized spacial score (nSPS) is 16.9. The average Bonchev–Trinajstić information content (AvgIpc) is 3.12. The molecule has 1 aromatic rings. The van der Waals surface area contributed by atoms with Crippen molar-refractivity contribution in [3.63, 3.8) is 0 Å². The van der Waals surface area contributed by atoms with Gasteiger partial charge in [-0.1, -0.05) is 19.9 Å². The molecule has 0 bridgehead atoms. The number of ether oxygens (including phenoxy) is 1. The van der Waals surface area contributed by atoms with Crippen LogP contribution in [0.5, 0.6) is 5.75 Å². The summed E-state index contributed by atoms with van der Waals surface area (Å²) in [6, 6.07) is 5.84. The number of anilines is 1. The van der Waals surface area contributed by atoms with E-state index in [9.17, 15) is 0 Å². The summed E-state index contributed by atoms with van der Waals surface area (Å²) in [5.74, 6) is 1.63. The van der Waals surface area contributed by atoms with Gasteiger partial charge in [-0.2, -0.15) is 0 Å². The average molecular weight is 248 g/mol. The lowest BCUT2D eigenvalue weighted by Crippen LogP contribution is -2.27. The van der Waals surface area contributed by atoms with E-state index in [4.69, 9.17) is 10.5 Å². The van der Waals surface area contributed by atoms with Crippen molar-refractivity contribution < 1.29 is 4.74 Å². The predicted octanol–water partition coefficient (Wildman–Crippen LogP) is 2.80. The molecule has 3 N–H and O–H groups in total. The maximum absolute atomic E-state index is 5.75. The van der Waals surface area contributed by atoms with Crippen LogP contribution in [0, 0.1) is 11.3 Å². The zero-order chi connectivity index (χ0) is 13.2. The minimum Gasteiger partial charge on any atom is -0.496 e. The van der Waals surface area contributed by atoms with Gasteiger partial charge in [-0.05, 0) is 30.2 Å². The molecule has 1 aromatic carbocycles. The molecule has 0 unspecified atom stereocenters. The van der Waals surface area contributed by atoms with E-state index in [1.807, 2.05) is 18.2 Å². The van der Waals surface area contributed by atoms with Gasteiger partial charge in [0.1, 0.15) is 5.75 Å². The summed E-state index contributed by atoms with van der Waals surface area (Å²) in [4.78, 5) is 0. The number of nitrogens with one attached hydrogen (secondary N) is 1. The van der Waals surface area contributed by atoms with Gasteiger partial charge in [0.25, 0.3) is 0 Å². The number of hydrogen-bond acceptors (Lipinski definition) is 3. The van der Waals surface area contributed by atoms with Gasteiger partial charge >= 0.3 is 0 Å². The number of rotatable bonds is 6. The number of methoxy groups -OCH3 is 1.